The highest BCUT2D eigenvalue weighted by Gasteiger charge is 2.25. The van der Waals surface area contributed by atoms with Gasteiger partial charge in [-0.05, 0) is 54.2 Å². The first-order valence-electron chi connectivity index (χ1n) is 14.0. The van der Waals surface area contributed by atoms with Gasteiger partial charge in [0.05, 0.1) is 6.61 Å². The van der Waals surface area contributed by atoms with Crippen LogP contribution in [0.15, 0.2) is 67.1 Å². The maximum atomic E-state index is 12.9. The summed E-state index contributed by atoms with van der Waals surface area (Å²) in [7, 11) is 0. The van der Waals surface area contributed by atoms with Crippen molar-refractivity contribution >= 4 is 17.0 Å². The molecular weight excluding hydrogens is 518 g/mol. The van der Waals surface area contributed by atoms with E-state index in [1.807, 2.05) is 41.1 Å². The largest absolute Gasteiger partial charge is 0.489 e. The summed E-state index contributed by atoms with van der Waals surface area (Å²) in [4.78, 5) is 22.0. The van der Waals surface area contributed by atoms with Crippen LogP contribution in [-0.2, 0) is 22.8 Å². The molecule has 41 heavy (non-hydrogen) atoms. The second-order valence-corrected chi connectivity index (χ2v) is 10.0. The topological polar surface area (TPSA) is 104 Å². The Bertz CT molecular complexity index is 1600. The first-order chi connectivity index (χ1) is 20.0. The summed E-state index contributed by atoms with van der Waals surface area (Å²) in [5.41, 5.74) is 5.91. The molecule has 9 heteroatoms. The molecule has 0 atom stereocenters. The van der Waals surface area contributed by atoms with Gasteiger partial charge >= 0.3 is 5.97 Å². The summed E-state index contributed by atoms with van der Waals surface area (Å²) in [6.45, 7) is 9.95. The number of H-pyrrole nitrogens is 1. The molecule has 5 aromatic rings. The number of hydrogen-bond acceptors (Lipinski definition) is 7. The first-order valence-corrected chi connectivity index (χ1v) is 14.0. The Balaban J connectivity index is 1.45. The van der Waals surface area contributed by atoms with Crippen LogP contribution in [0.4, 0.5) is 0 Å². The molecule has 0 saturated heterocycles. The Morgan fingerprint density at radius 1 is 0.976 bits per heavy atom. The fourth-order valence-electron chi connectivity index (χ4n) is 4.63. The lowest BCUT2D eigenvalue weighted by Crippen LogP contribution is -2.06. The van der Waals surface area contributed by atoms with Crippen LogP contribution < -0.4 is 4.74 Å². The minimum absolute atomic E-state index is 0.246. The van der Waals surface area contributed by atoms with Crippen LogP contribution in [0.25, 0.3) is 33.5 Å². The summed E-state index contributed by atoms with van der Waals surface area (Å²) in [5, 5.41) is 8.23. The molecule has 5 rings (SSSR count). The molecule has 9 nitrogen and oxygen atoms in total. The number of esters is 1. The van der Waals surface area contributed by atoms with Crippen LogP contribution in [0.2, 0.25) is 0 Å². The van der Waals surface area contributed by atoms with Crippen molar-refractivity contribution in [1.29, 1.82) is 0 Å². The molecule has 0 fully saturated rings. The van der Waals surface area contributed by atoms with Crippen LogP contribution >= 0.6 is 0 Å². The number of nitrogens with zero attached hydrogens (tertiary/aromatic N) is 4. The lowest BCUT2D eigenvalue weighted by molar-refractivity contribution is 0.0520. The highest BCUT2D eigenvalue weighted by atomic mass is 16.5. The molecule has 0 amide bonds. The van der Waals surface area contributed by atoms with Gasteiger partial charge in [0.25, 0.3) is 0 Å². The third kappa shape index (κ3) is 6.15. The predicted molar refractivity (Wildman–Crippen MR) is 158 cm³/mol. The second kappa shape index (κ2) is 12.8. The molecule has 0 bridgehead atoms. The van der Waals surface area contributed by atoms with E-state index in [9.17, 15) is 4.79 Å². The highest BCUT2D eigenvalue weighted by molar-refractivity contribution is 6.02. The van der Waals surface area contributed by atoms with Gasteiger partial charge < -0.3 is 18.8 Å². The fraction of sp³-hybridized carbons (Fsp3) is 0.312. The summed E-state index contributed by atoms with van der Waals surface area (Å²) < 4.78 is 19.0. The van der Waals surface area contributed by atoms with Gasteiger partial charge in [0.15, 0.2) is 5.69 Å². The molecule has 2 aromatic carbocycles. The van der Waals surface area contributed by atoms with Gasteiger partial charge in [-0.3, -0.25) is 5.10 Å². The summed E-state index contributed by atoms with van der Waals surface area (Å²) >= 11 is 0. The standard InChI is InChI=1S/C32H35N5O4/c1-5-17-39-20-37-16-15-26-28(33-19-34-31(26)37)29-27(30(36-35-29)32(38)40-6-2)24-11-13-25(14-12-24)41-18-22-7-9-23(10-8-22)21(3)4/h7-16,19,21H,5-6,17-18,20H2,1-4H3,(H,35,36). The molecular formula is C32H35N5O4. The zero-order valence-corrected chi connectivity index (χ0v) is 23.9. The number of carbonyl (C=O) groups is 1. The number of rotatable bonds is 12. The number of ether oxygens (including phenoxy) is 3. The second-order valence-electron chi connectivity index (χ2n) is 10.0. The number of fused-ring (bicyclic) bond motifs is 1. The van der Waals surface area contributed by atoms with Crippen molar-refractivity contribution in [3.63, 3.8) is 0 Å². The van der Waals surface area contributed by atoms with Crippen LogP contribution in [0.3, 0.4) is 0 Å². The third-order valence-corrected chi connectivity index (χ3v) is 6.80. The molecule has 3 aromatic heterocycles. The smallest absolute Gasteiger partial charge is 0.357 e. The Kier molecular flexibility index (Phi) is 8.74. The van der Waals surface area contributed by atoms with E-state index in [4.69, 9.17) is 14.2 Å². The van der Waals surface area contributed by atoms with Gasteiger partial charge in [0.2, 0.25) is 0 Å². The quantitative estimate of drug-likeness (QED) is 0.135. The third-order valence-electron chi connectivity index (χ3n) is 6.80. The number of carbonyl (C=O) groups excluding carboxylic acids is 1. The Hall–Kier alpha value is -4.50. The number of aromatic nitrogens is 5. The van der Waals surface area contributed by atoms with Crippen molar-refractivity contribution in [2.45, 2.75) is 53.4 Å². The molecule has 1 N–H and O–H groups in total. The number of hydrogen-bond donors (Lipinski definition) is 1. The van der Waals surface area contributed by atoms with E-state index >= 15 is 0 Å². The van der Waals surface area contributed by atoms with Crippen molar-refractivity contribution < 1.29 is 19.0 Å². The lowest BCUT2D eigenvalue weighted by Gasteiger charge is -2.11. The monoisotopic (exact) mass is 553 g/mol. The molecule has 3 heterocycles. The average molecular weight is 554 g/mol. The number of nitrogens with one attached hydrogen (secondary N) is 1. The molecule has 0 aliphatic carbocycles. The Labute approximate surface area is 239 Å². The van der Waals surface area contributed by atoms with Crippen molar-refractivity contribution in [3.05, 3.63) is 83.9 Å². The normalized spacial score (nSPS) is 11.3. The van der Waals surface area contributed by atoms with E-state index in [2.05, 4.69) is 65.2 Å². The zero-order valence-electron chi connectivity index (χ0n) is 23.9. The van der Waals surface area contributed by atoms with E-state index in [-0.39, 0.29) is 12.3 Å². The van der Waals surface area contributed by atoms with E-state index in [0.29, 0.717) is 42.8 Å². The van der Waals surface area contributed by atoms with Gasteiger partial charge in [-0.1, -0.05) is 57.2 Å². The summed E-state index contributed by atoms with van der Waals surface area (Å²) in [6, 6.07) is 18.0. The van der Waals surface area contributed by atoms with Crippen molar-refractivity contribution in [1.82, 2.24) is 24.7 Å². The predicted octanol–water partition coefficient (Wildman–Crippen LogP) is 6.75. The minimum atomic E-state index is -0.484. The average Bonchev–Trinajstić information content (AvgIpc) is 3.62. The van der Waals surface area contributed by atoms with E-state index in [1.165, 1.54) is 11.9 Å². The van der Waals surface area contributed by atoms with Gasteiger partial charge in [-0.2, -0.15) is 5.10 Å². The zero-order chi connectivity index (χ0) is 28.8. The van der Waals surface area contributed by atoms with Crippen LogP contribution in [0, 0.1) is 0 Å². The molecule has 0 spiro atoms. The molecule has 212 valence electrons. The fourth-order valence-corrected chi connectivity index (χ4v) is 4.63. The highest BCUT2D eigenvalue weighted by Crippen LogP contribution is 2.36. The van der Waals surface area contributed by atoms with Crippen molar-refractivity contribution in [3.8, 4) is 28.3 Å². The van der Waals surface area contributed by atoms with Gasteiger partial charge in [-0.15, -0.1) is 0 Å². The van der Waals surface area contributed by atoms with Crippen molar-refractivity contribution in [2.75, 3.05) is 13.2 Å². The molecule has 0 aliphatic rings. The molecule has 0 aliphatic heterocycles. The molecule has 0 saturated carbocycles. The lowest BCUT2D eigenvalue weighted by atomic mass is 10.00. The molecule has 0 unspecified atom stereocenters. The van der Waals surface area contributed by atoms with Crippen LogP contribution in [0.5, 0.6) is 5.75 Å². The van der Waals surface area contributed by atoms with Gasteiger partial charge in [-0.25, -0.2) is 14.8 Å². The maximum absolute atomic E-state index is 12.9. The first kappa shape index (κ1) is 28.0. The Morgan fingerprint density at radius 2 is 1.76 bits per heavy atom. The SMILES string of the molecule is CCCOCn1ccc2c(-c3n[nH]c(C(=O)OCC)c3-c3ccc(OCc4ccc(C(C)C)cc4)cc3)ncnc21. The maximum Gasteiger partial charge on any atom is 0.357 e. The number of benzene rings is 2. The van der Waals surface area contributed by atoms with Crippen molar-refractivity contribution in [2.24, 2.45) is 0 Å². The summed E-state index contributed by atoms with van der Waals surface area (Å²) in [5.74, 6) is 0.725. The minimum Gasteiger partial charge on any atom is -0.489 e. The van der Waals surface area contributed by atoms with Crippen LogP contribution in [-0.4, -0.2) is 43.9 Å². The van der Waals surface area contributed by atoms with Gasteiger partial charge in [0, 0.05) is 23.8 Å². The van der Waals surface area contributed by atoms with E-state index in [0.717, 1.165) is 34.3 Å². The summed E-state index contributed by atoms with van der Waals surface area (Å²) in [6.07, 6.45) is 4.35. The van der Waals surface area contributed by atoms with E-state index in [1.54, 1.807) is 6.92 Å². The van der Waals surface area contributed by atoms with E-state index < -0.39 is 5.97 Å². The van der Waals surface area contributed by atoms with Gasteiger partial charge in [0.1, 0.15) is 42.4 Å². The Morgan fingerprint density at radius 3 is 2.46 bits per heavy atom. The van der Waals surface area contributed by atoms with Crippen LogP contribution in [0.1, 0.15) is 61.6 Å². The number of aromatic amines is 1. The molecule has 0 radical (unpaired) electrons.